The zero-order valence-corrected chi connectivity index (χ0v) is 13.2. The Kier molecular flexibility index (Phi) is 5.24. The van der Waals surface area contributed by atoms with Gasteiger partial charge >= 0.3 is 0 Å². The van der Waals surface area contributed by atoms with Crippen LogP contribution in [0.1, 0.15) is 22.3 Å². The quantitative estimate of drug-likeness (QED) is 0.726. The van der Waals surface area contributed by atoms with Crippen LogP contribution in [0.15, 0.2) is 42.7 Å². The molecule has 1 fully saturated rings. The number of aliphatic hydroxyl groups is 2. The summed E-state index contributed by atoms with van der Waals surface area (Å²) in [6.45, 7) is 0.698. The lowest BCUT2D eigenvalue weighted by Gasteiger charge is -2.34. The largest absolute Gasteiger partial charge is 0.394 e. The molecule has 2 heterocycles. The van der Waals surface area contributed by atoms with Gasteiger partial charge in [0.25, 0.3) is 5.91 Å². The van der Waals surface area contributed by atoms with Gasteiger partial charge in [-0.2, -0.15) is 5.10 Å². The summed E-state index contributed by atoms with van der Waals surface area (Å²) in [7, 11) is 0. The molecule has 1 aromatic heterocycles. The van der Waals surface area contributed by atoms with Gasteiger partial charge in [0.15, 0.2) is 0 Å². The van der Waals surface area contributed by atoms with E-state index in [1.54, 1.807) is 10.9 Å². The van der Waals surface area contributed by atoms with Crippen LogP contribution in [-0.2, 0) is 11.3 Å². The highest BCUT2D eigenvalue weighted by molar-refractivity contribution is 5.93. The van der Waals surface area contributed by atoms with E-state index >= 15 is 0 Å². The second kappa shape index (κ2) is 7.57. The number of hydrogen-bond donors (Lipinski definition) is 3. The zero-order chi connectivity index (χ0) is 16.9. The van der Waals surface area contributed by atoms with Crippen LogP contribution >= 0.6 is 0 Å². The van der Waals surface area contributed by atoms with Crippen LogP contribution in [0.3, 0.4) is 0 Å². The van der Waals surface area contributed by atoms with Gasteiger partial charge in [-0.3, -0.25) is 9.48 Å². The number of ether oxygens (including phenoxy) is 1. The summed E-state index contributed by atoms with van der Waals surface area (Å²) in [6, 6.07) is 9.40. The summed E-state index contributed by atoms with van der Waals surface area (Å²) in [5.41, 5.74) is 1.53. The normalized spacial score (nSPS) is 23.8. The van der Waals surface area contributed by atoms with Gasteiger partial charge in [0.1, 0.15) is 12.2 Å². The monoisotopic (exact) mass is 331 g/mol. The van der Waals surface area contributed by atoms with Gasteiger partial charge in [0.05, 0.1) is 31.0 Å². The lowest BCUT2D eigenvalue weighted by atomic mass is 10.00. The van der Waals surface area contributed by atoms with Gasteiger partial charge in [0.2, 0.25) is 0 Å². The molecule has 0 bridgehead atoms. The second-order valence-electron chi connectivity index (χ2n) is 5.86. The molecule has 3 rings (SSSR count). The first-order valence-corrected chi connectivity index (χ1v) is 7.95. The van der Waals surface area contributed by atoms with Gasteiger partial charge in [-0.15, -0.1) is 0 Å². The van der Waals surface area contributed by atoms with Crippen molar-refractivity contribution in [2.24, 2.45) is 0 Å². The molecule has 128 valence electrons. The second-order valence-corrected chi connectivity index (χ2v) is 5.86. The Morgan fingerprint density at radius 2 is 2.17 bits per heavy atom. The number of nitrogens with zero attached hydrogens (tertiary/aromatic N) is 2. The topological polar surface area (TPSA) is 96.6 Å². The van der Waals surface area contributed by atoms with Crippen molar-refractivity contribution in [2.75, 3.05) is 13.2 Å². The summed E-state index contributed by atoms with van der Waals surface area (Å²) in [4.78, 5) is 12.3. The van der Waals surface area contributed by atoms with Crippen molar-refractivity contribution in [1.29, 1.82) is 0 Å². The smallest absolute Gasteiger partial charge is 0.254 e. The molecule has 0 radical (unpaired) electrons. The Morgan fingerprint density at radius 1 is 1.38 bits per heavy atom. The van der Waals surface area contributed by atoms with Crippen molar-refractivity contribution in [3.63, 3.8) is 0 Å². The molecule has 7 heteroatoms. The lowest BCUT2D eigenvalue weighted by molar-refractivity contribution is -0.107. The molecule has 3 atom stereocenters. The maximum atomic E-state index is 12.3. The fraction of sp³-hybridized carbons (Fsp3) is 0.412. The van der Waals surface area contributed by atoms with Crippen LogP contribution in [-0.4, -0.2) is 57.4 Å². The van der Waals surface area contributed by atoms with E-state index in [1.807, 2.05) is 30.3 Å². The highest BCUT2D eigenvalue weighted by Crippen LogP contribution is 2.15. The van der Waals surface area contributed by atoms with Crippen LogP contribution in [0.4, 0.5) is 0 Å². The maximum absolute atomic E-state index is 12.3. The molecule has 0 aliphatic carbocycles. The third-order valence-electron chi connectivity index (χ3n) is 4.13. The van der Waals surface area contributed by atoms with Crippen LogP contribution in [0, 0.1) is 0 Å². The molecular formula is C17H21N3O4. The molecule has 1 amide bonds. The highest BCUT2D eigenvalue weighted by atomic mass is 16.5. The summed E-state index contributed by atoms with van der Waals surface area (Å²) in [5.74, 6) is -0.294. The van der Waals surface area contributed by atoms with Crippen molar-refractivity contribution < 1.29 is 19.7 Å². The third-order valence-corrected chi connectivity index (χ3v) is 4.13. The molecule has 1 saturated heterocycles. The maximum Gasteiger partial charge on any atom is 0.254 e. The molecular weight excluding hydrogens is 310 g/mol. The van der Waals surface area contributed by atoms with Gasteiger partial charge in [0, 0.05) is 12.8 Å². The number of carbonyl (C=O) groups excluding carboxylic acids is 1. The minimum atomic E-state index is -0.924. The molecule has 0 saturated carbocycles. The summed E-state index contributed by atoms with van der Waals surface area (Å²) >= 11 is 0. The average Bonchev–Trinajstić information content (AvgIpc) is 3.06. The Bertz CT molecular complexity index is 673. The van der Waals surface area contributed by atoms with E-state index in [0.29, 0.717) is 25.1 Å². The third kappa shape index (κ3) is 3.81. The van der Waals surface area contributed by atoms with Crippen molar-refractivity contribution in [3.05, 3.63) is 53.9 Å². The molecule has 2 aromatic rings. The fourth-order valence-electron chi connectivity index (χ4n) is 2.78. The van der Waals surface area contributed by atoms with Crippen molar-refractivity contribution in [1.82, 2.24) is 15.1 Å². The van der Waals surface area contributed by atoms with Crippen LogP contribution in [0.25, 0.3) is 0 Å². The van der Waals surface area contributed by atoms with E-state index in [2.05, 4.69) is 10.4 Å². The molecule has 1 aliphatic heterocycles. The first-order chi connectivity index (χ1) is 11.7. The Hall–Kier alpha value is -2.22. The summed E-state index contributed by atoms with van der Waals surface area (Å²) in [5, 5.41) is 26.3. The molecule has 24 heavy (non-hydrogen) atoms. The molecule has 1 aromatic carbocycles. The number of amides is 1. The molecule has 0 spiro atoms. The number of benzene rings is 1. The van der Waals surface area contributed by atoms with E-state index in [-0.39, 0.29) is 12.5 Å². The first-order valence-electron chi connectivity index (χ1n) is 7.95. The van der Waals surface area contributed by atoms with Gasteiger partial charge in [-0.25, -0.2) is 0 Å². The van der Waals surface area contributed by atoms with Crippen molar-refractivity contribution >= 4 is 5.91 Å². The van der Waals surface area contributed by atoms with Crippen LogP contribution in [0.5, 0.6) is 0 Å². The van der Waals surface area contributed by atoms with E-state index in [1.165, 1.54) is 6.20 Å². The van der Waals surface area contributed by atoms with Crippen molar-refractivity contribution in [3.8, 4) is 0 Å². The number of nitrogens with one attached hydrogen (secondary N) is 1. The Morgan fingerprint density at radius 3 is 2.92 bits per heavy atom. The average molecular weight is 331 g/mol. The number of aliphatic hydroxyl groups excluding tert-OH is 2. The van der Waals surface area contributed by atoms with E-state index in [9.17, 15) is 9.90 Å². The van der Waals surface area contributed by atoms with E-state index < -0.39 is 18.2 Å². The number of carbonyl (C=O) groups is 1. The number of rotatable bonds is 5. The lowest BCUT2D eigenvalue weighted by Crippen LogP contribution is -2.54. The fourth-order valence-corrected chi connectivity index (χ4v) is 2.78. The SMILES string of the molecule is O=C(N[C@H]1CCO[C@H](CO)[C@H]1O)c1cnn(Cc2ccccc2)c1. The summed E-state index contributed by atoms with van der Waals surface area (Å²) in [6.07, 6.45) is 2.10. The highest BCUT2D eigenvalue weighted by Gasteiger charge is 2.33. The van der Waals surface area contributed by atoms with Gasteiger partial charge in [-0.1, -0.05) is 30.3 Å². The first kappa shape index (κ1) is 16.6. The predicted octanol–water partition coefficient (Wildman–Crippen LogP) is 0.172. The van der Waals surface area contributed by atoms with Gasteiger partial charge < -0.3 is 20.3 Å². The minimum absolute atomic E-state index is 0.275. The van der Waals surface area contributed by atoms with Crippen molar-refractivity contribution in [2.45, 2.75) is 31.2 Å². The molecule has 3 N–H and O–H groups in total. The number of aromatic nitrogens is 2. The zero-order valence-electron chi connectivity index (χ0n) is 13.2. The molecule has 7 nitrogen and oxygen atoms in total. The van der Waals surface area contributed by atoms with E-state index in [0.717, 1.165) is 5.56 Å². The Labute approximate surface area is 139 Å². The van der Waals surface area contributed by atoms with Gasteiger partial charge in [-0.05, 0) is 12.0 Å². The Balaban J connectivity index is 1.61. The predicted molar refractivity (Wildman–Crippen MR) is 86.5 cm³/mol. The molecule has 0 unspecified atom stereocenters. The number of hydrogen-bond acceptors (Lipinski definition) is 5. The van der Waals surface area contributed by atoms with Crippen LogP contribution < -0.4 is 5.32 Å². The summed E-state index contributed by atoms with van der Waals surface area (Å²) < 4.78 is 6.96. The molecule has 1 aliphatic rings. The minimum Gasteiger partial charge on any atom is -0.394 e. The standard InChI is InChI=1S/C17H21N3O4/c21-11-15-16(22)14(6-7-24-15)19-17(23)13-8-18-20(10-13)9-12-4-2-1-3-5-12/h1-5,8,10,14-16,21-22H,6-7,9,11H2,(H,19,23)/t14-,15+,16-/m0/s1. The van der Waals surface area contributed by atoms with Crippen LogP contribution in [0.2, 0.25) is 0 Å². The van der Waals surface area contributed by atoms with E-state index in [4.69, 9.17) is 9.84 Å².